The normalized spacial score (nSPS) is 11.4. The van der Waals surface area contributed by atoms with E-state index in [1.807, 2.05) is 51.0 Å². The van der Waals surface area contributed by atoms with E-state index >= 15 is 0 Å². The molecule has 0 aliphatic heterocycles. The first-order valence-electron chi connectivity index (χ1n) is 10.3. The molecule has 0 aliphatic carbocycles. The fraction of sp³-hybridized carbons (Fsp3) is 0.435. The van der Waals surface area contributed by atoms with Crippen molar-refractivity contribution in [2.45, 2.75) is 53.6 Å². The lowest BCUT2D eigenvalue weighted by Gasteiger charge is -2.18. The van der Waals surface area contributed by atoms with Crippen molar-refractivity contribution in [1.29, 1.82) is 0 Å². The van der Waals surface area contributed by atoms with Crippen molar-refractivity contribution in [3.05, 3.63) is 55.9 Å². The van der Waals surface area contributed by atoms with Crippen LogP contribution >= 0.6 is 11.3 Å². The average molecular weight is 427 g/mol. The van der Waals surface area contributed by atoms with Gasteiger partial charge in [0.05, 0.1) is 11.9 Å². The van der Waals surface area contributed by atoms with Gasteiger partial charge in [0.15, 0.2) is 0 Å². The first kappa shape index (κ1) is 22.2. The van der Waals surface area contributed by atoms with E-state index in [9.17, 15) is 9.59 Å². The molecule has 1 aromatic carbocycles. The van der Waals surface area contributed by atoms with Gasteiger partial charge in [-0.15, -0.1) is 11.3 Å². The summed E-state index contributed by atoms with van der Waals surface area (Å²) in [5.74, 6) is 0.395. The molecule has 0 fully saturated rings. The minimum Gasteiger partial charge on any atom is -0.324 e. The van der Waals surface area contributed by atoms with Crippen LogP contribution in [0.2, 0.25) is 0 Å². The Kier molecular flexibility index (Phi) is 6.73. The van der Waals surface area contributed by atoms with E-state index < -0.39 is 0 Å². The van der Waals surface area contributed by atoms with Crippen molar-refractivity contribution in [1.82, 2.24) is 14.5 Å². The molecule has 0 atom stereocenters. The minimum absolute atomic E-state index is 0.0551. The molecule has 0 saturated heterocycles. The highest BCUT2D eigenvalue weighted by atomic mass is 32.1. The van der Waals surface area contributed by atoms with Gasteiger partial charge in [-0.1, -0.05) is 32.0 Å². The Labute approximate surface area is 181 Å². The van der Waals surface area contributed by atoms with E-state index in [1.54, 1.807) is 0 Å². The quantitative estimate of drug-likeness (QED) is 0.622. The molecule has 2 aromatic heterocycles. The van der Waals surface area contributed by atoms with Crippen molar-refractivity contribution in [3.8, 4) is 0 Å². The Bertz CT molecular complexity index is 1120. The lowest BCUT2D eigenvalue weighted by molar-refractivity contribution is -0.116. The fourth-order valence-corrected chi connectivity index (χ4v) is 4.70. The van der Waals surface area contributed by atoms with Crippen LogP contribution in [0, 0.1) is 13.8 Å². The second-order valence-electron chi connectivity index (χ2n) is 7.83. The van der Waals surface area contributed by atoms with Gasteiger partial charge in [0.2, 0.25) is 5.91 Å². The van der Waals surface area contributed by atoms with Crippen molar-refractivity contribution in [2.24, 2.45) is 0 Å². The van der Waals surface area contributed by atoms with Gasteiger partial charge in [-0.25, -0.2) is 4.98 Å². The second-order valence-corrected chi connectivity index (χ2v) is 9.03. The van der Waals surface area contributed by atoms with Crippen molar-refractivity contribution in [3.63, 3.8) is 0 Å². The number of anilines is 1. The zero-order chi connectivity index (χ0) is 22.0. The standard InChI is InChI=1S/C23H30N4O2S/c1-7-16-10-9-11-17(8-2)21(16)25-19(28)13-27-18(12-26(5)6)24-22-20(23(27)29)14(3)15(4)30-22/h9-11H,7-8,12-13H2,1-6H3,(H,25,28). The lowest BCUT2D eigenvalue weighted by Crippen LogP contribution is -2.33. The smallest absolute Gasteiger partial charge is 0.263 e. The molecule has 0 unspecified atom stereocenters. The summed E-state index contributed by atoms with van der Waals surface area (Å²) in [5, 5.41) is 3.69. The molecular formula is C23H30N4O2S. The topological polar surface area (TPSA) is 67.2 Å². The Hall–Kier alpha value is -2.51. The molecule has 0 radical (unpaired) electrons. The first-order valence-corrected chi connectivity index (χ1v) is 11.1. The van der Waals surface area contributed by atoms with Gasteiger partial charge < -0.3 is 10.2 Å². The number of nitrogens with one attached hydrogen (secondary N) is 1. The maximum Gasteiger partial charge on any atom is 0.263 e. The number of rotatable bonds is 7. The number of nitrogens with zero attached hydrogens (tertiary/aromatic N) is 3. The lowest BCUT2D eigenvalue weighted by atomic mass is 10.0. The first-order chi connectivity index (χ1) is 14.3. The van der Waals surface area contributed by atoms with Crippen LogP contribution in [0.1, 0.15) is 41.2 Å². The molecule has 7 heteroatoms. The molecule has 3 rings (SSSR count). The number of thiophene rings is 1. The summed E-state index contributed by atoms with van der Waals surface area (Å²) in [5.41, 5.74) is 3.87. The Morgan fingerprint density at radius 3 is 2.37 bits per heavy atom. The van der Waals surface area contributed by atoms with Gasteiger partial charge in [0, 0.05) is 10.6 Å². The van der Waals surface area contributed by atoms with Crippen LogP contribution in [0.4, 0.5) is 5.69 Å². The highest BCUT2D eigenvalue weighted by molar-refractivity contribution is 7.18. The largest absolute Gasteiger partial charge is 0.324 e. The summed E-state index contributed by atoms with van der Waals surface area (Å²) in [6.45, 7) is 8.52. The molecule has 1 N–H and O–H groups in total. The number of fused-ring (bicyclic) bond motifs is 1. The Balaban J connectivity index is 2.03. The van der Waals surface area contributed by atoms with Gasteiger partial charge in [0.25, 0.3) is 5.56 Å². The molecule has 30 heavy (non-hydrogen) atoms. The highest BCUT2D eigenvalue weighted by Gasteiger charge is 2.19. The van der Waals surface area contributed by atoms with E-state index in [0.29, 0.717) is 17.8 Å². The third-order valence-electron chi connectivity index (χ3n) is 5.39. The Morgan fingerprint density at radius 1 is 1.17 bits per heavy atom. The number of aryl methyl sites for hydroxylation is 4. The number of para-hydroxylation sites is 1. The Morgan fingerprint density at radius 2 is 1.80 bits per heavy atom. The van der Waals surface area contributed by atoms with Crippen LogP contribution in [-0.4, -0.2) is 34.5 Å². The molecule has 160 valence electrons. The minimum atomic E-state index is -0.210. The third-order valence-corrected chi connectivity index (χ3v) is 6.49. The summed E-state index contributed by atoms with van der Waals surface area (Å²) < 4.78 is 1.52. The molecule has 2 heterocycles. The van der Waals surface area contributed by atoms with Gasteiger partial charge in [-0.05, 0) is 57.5 Å². The zero-order valence-corrected chi connectivity index (χ0v) is 19.4. The van der Waals surface area contributed by atoms with E-state index in [0.717, 1.165) is 44.9 Å². The zero-order valence-electron chi connectivity index (χ0n) is 18.6. The maximum absolute atomic E-state index is 13.3. The molecule has 0 bridgehead atoms. The third kappa shape index (κ3) is 4.32. The van der Waals surface area contributed by atoms with E-state index in [-0.39, 0.29) is 18.0 Å². The molecule has 0 saturated carbocycles. The number of hydrogen-bond acceptors (Lipinski definition) is 5. The number of carbonyl (C=O) groups excluding carboxylic acids is 1. The molecule has 1 amide bonds. The van der Waals surface area contributed by atoms with Gasteiger partial charge in [0.1, 0.15) is 17.2 Å². The van der Waals surface area contributed by atoms with E-state index in [1.165, 1.54) is 15.9 Å². The van der Waals surface area contributed by atoms with Crippen LogP contribution in [0.3, 0.4) is 0 Å². The summed E-state index contributed by atoms with van der Waals surface area (Å²) in [7, 11) is 3.85. The number of carbonyl (C=O) groups is 1. The SMILES string of the molecule is CCc1cccc(CC)c1NC(=O)Cn1c(CN(C)C)nc2sc(C)c(C)c2c1=O. The van der Waals surface area contributed by atoms with Crippen molar-refractivity contribution < 1.29 is 4.79 Å². The predicted octanol–water partition coefficient (Wildman–Crippen LogP) is 3.90. The van der Waals surface area contributed by atoms with Gasteiger partial charge >= 0.3 is 0 Å². The average Bonchev–Trinajstić information content (AvgIpc) is 2.98. The van der Waals surface area contributed by atoms with Gasteiger partial charge in [-0.2, -0.15) is 0 Å². The predicted molar refractivity (Wildman–Crippen MR) is 125 cm³/mol. The molecule has 0 spiro atoms. The van der Waals surface area contributed by atoms with Crippen LogP contribution < -0.4 is 10.9 Å². The summed E-state index contributed by atoms with van der Waals surface area (Å²) in [6.07, 6.45) is 1.66. The molecular weight excluding hydrogens is 396 g/mol. The summed E-state index contributed by atoms with van der Waals surface area (Å²) in [4.78, 5) is 34.9. The van der Waals surface area contributed by atoms with Crippen molar-refractivity contribution >= 4 is 33.1 Å². The second kappa shape index (κ2) is 9.10. The molecule has 0 aliphatic rings. The number of hydrogen-bond donors (Lipinski definition) is 1. The van der Waals surface area contributed by atoms with Crippen LogP contribution in [-0.2, 0) is 30.7 Å². The van der Waals surface area contributed by atoms with Crippen LogP contribution in [0.25, 0.3) is 10.2 Å². The van der Waals surface area contributed by atoms with Crippen molar-refractivity contribution in [2.75, 3.05) is 19.4 Å². The number of benzene rings is 1. The molecule has 3 aromatic rings. The van der Waals surface area contributed by atoms with Gasteiger partial charge in [-0.3, -0.25) is 14.2 Å². The number of aromatic nitrogens is 2. The monoisotopic (exact) mass is 426 g/mol. The summed E-state index contributed by atoms with van der Waals surface area (Å²) in [6, 6.07) is 6.08. The van der Waals surface area contributed by atoms with Crippen LogP contribution in [0.5, 0.6) is 0 Å². The highest BCUT2D eigenvalue weighted by Crippen LogP contribution is 2.27. The van der Waals surface area contributed by atoms with E-state index in [2.05, 4.69) is 19.2 Å². The summed E-state index contributed by atoms with van der Waals surface area (Å²) >= 11 is 1.53. The van der Waals surface area contributed by atoms with E-state index in [4.69, 9.17) is 4.98 Å². The number of amides is 1. The van der Waals surface area contributed by atoms with Crippen LogP contribution in [0.15, 0.2) is 23.0 Å². The molecule has 6 nitrogen and oxygen atoms in total. The fourth-order valence-electron chi connectivity index (χ4n) is 3.66. The maximum atomic E-state index is 13.3.